The SMILES string of the molecule is CCCCCCCCCCCCCCCCCCCCCCCCC(=O)O[C@H](COC(=O)CCCCCCCCCCC(C)C)COP(=O)(O)OC[C@@H](O)COP(=O)(O)OC[C@@H](COC(=O)CCCCCCCCC)OC(=O)CCCCCCCCCCC. The van der Waals surface area contributed by atoms with Gasteiger partial charge in [0.25, 0.3) is 0 Å². The van der Waals surface area contributed by atoms with Crippen LogP contribution in [0.1, 0.15) is 362 Å². The summed E-state index contributed by atoms with van der Waals surface area (Å²) in [6.07, 6.45) is 50.4. The minimum absolute atomic E-state index is 0.105. The molecule has 2 unspecified atom stereocenters. The van der Waals surface area contributed by atoms with E-state index < -0.39 is 97.5 Å². The van der Waals surface area contributed by atoms with E-state index in [0.717, 1.165) is 109 Å². The Balaban J connectivity index is 5.09. The monoisotopic (exact) mass is 1310 g/mol. The minimum Gasteiger partial charge on any atom is -0.462 e. The molecule has 0 aromatic heterocycles. The van der Waals surface area contributed by atoms with Gasteiger partial charge in [-0.05, 0) is 31.6 Å². The number of hydrogen-bond acceptors (Lipinski definition) is 15. The van der Waals surface area contributed by atoms with Crippen molar-refractivity contribution < 1.29 is 80.2 Å². The van der Waals surface area contributed by atoms with Gasteiger partial charge >= 0.3 is 39.5 Å². The number of phosphoric ester groups is 2. The largest absolute Gasteiger partial charge is 0.472 e. The molecule has 0 fully saturated rings. The highest BCUT2D eigenvalue weighted by atomic mass is 31.2. The van der Waals surface area contributed by atoms with Crippen LogP contribution in [0.25, 0.3) is 0 Å². The quantitative estimate of drug-likeness (QED) is 0.0222. The highest BCUT2D eigenvalue weighted by Gasteiger charge is 2.30. The number of carbonyl (C=O) groups excluding carboxylic acids is 4. The second-order valence-electron chi connectivity index (χ2n) is 25.7. The summed E-state index contributed by atoms with van der Waals surface area (Å²) in [5.74, 6) is -1.41. The first kappa shape index (κ1) is 87.1. The van der Waals surface area contributed by atoms with Crippen LogP contribution in [0, 0.1) is 5.92 Å². The van der Waals surface area contributed by atoms with Gasteiger partial charge in [0.2, 0.25) is 0 Å². The average Bonchev–Trinajstić information content (AvgIpc) is 3.72. The van der Waals surface area contributed by atoms with E-state index in [2.05, 4.69) is 34.6 Å². The van der Waals surface area contributed by atoms with Gasteiger partial charge in [-0.15, -0.1) is 0 Å². The van der Waals surface area contributed by atoms with Gasteiger partial charge in [0.15, 0.2) is 12.2 Å². The zero-order chi connectivity index (χ0) is 65.6. The first-order valence-corrected chi connectivity index (χ1v) is 39.6. The Morgan fingerprint density at radius 1 is 0.303 bits per heavy atom. The van der Waals surface area contributed by atoms with E-state index >= 15 is 0 Å². The maximum atomic E-state index is 13.0. The van der Waals surface area contributed by atoms with Gasteiger partial charge in [0.05, 0.1) is 26.4 Å². The van der Waals surface area contributed by atoms with Crippen LogP contribution in [0.2, 0.25) is 0 Å². The van der Waals surface area contributed by atoms with Crippen molar-refractivity contribution in [2.75, 3.05) is 39.6 Å². The maximum Gasteiger partial charge on any atom is 0.472 e. The summed E-state index contributed by atoms with van der Waals surface area (Å²) >= 11 is 0. The van der Waals surface area contributed by atoms with Crippen molar-refractivity contribution in [3.8, 4) is 0 Å². The van der Waals surface area contributed by atoms with E-state index in [0.29, 0.717) is 25.7 Å². The highest BCUT2D eigenvalue weighted by molar-refractivity contribution is 7.47. The molecule has 0 amide bonds. The van der Waals surface area contributed by atoms with E-state index in [1.165, 1.54) is 173 Å². The summed E-state index contributed by atoms with van der Waals surface area (Å²) in [6.45, 7) is 7.14. The van der Waals surface area contributed by atoms with Gasteiger partial charge in [-0.25, -0.2) is 9.13 Å². The fourth-order valence-corrected chi connectivity index (χ4v) is 12.2. The Bertz CT molecular complexity index is 1720. The summed E-state index contributed by atoms with van der Waals surface area (Å²) in [5.41, 5.74) is 0. The van der Waals surface area contributed by atoms with Gasteiger partial charge < -0.3 is 33.8 Å². The molecule has 0 saturated heterocycles. The van der Waals surface area contributed by atoms with E-state index in [1.807, 2.05) is 0 Å². The first-order valence-electron chi connectivity index (χ1n) is 36.6. The van der Waals surface area contributed by atoms with Gasteiger partial charge in [-0.1, -0.05) is 311 Å². The fraction of sp³-hybridized carbons (Fsp3) is 0.943. The van der Waals surface area contributed by atoms with Crippen molar-refractivity contribution in [2.45, 2.75) is 380 Å². The molecule has 0 aliphatic rings. The van der Waals surface area contributed by atoms with Crippen molar-refractivity contribution in [3.05, 3.63) is 0 Å². The number of aliphatic hydroxyl groups excluding tert-OH is 1. The molecule has 0 aromatic rings. The van der Waals surface area contributed by atoms with Crippen LogP contribution in [0.3, 0.4) is 0 Å². The second kappa shape index (κ2) is 63.5. The van der Waals surface area contributed by atoms with Crippen LogP contribution in [0.5, 0.6) is 0 Å². The smallest absolute Gasteiger partial charge is 0.462 e. The van der Waals surface area contributed by atoms with E-state index in [4.69, 9.17) is 37.0 Å². The van der Waals surface area contributed by atoms with Crippen LogP contribution in [0.4, 0.5) is 0 Å². The van der Waals surface area contributed by atoms with E-state index in [9.17, 15) is 43.2 Å². The van der Waals surface area contributed by atoms with Crippen LogP contribution < -0.4 is 0 Å². The van der Waals surface area contributed by atoms with Crippen molar-refractivity contribution in [3.63, 3.8) is 0 Å². The number of phosphoric acid groups is 2. The maximum absolute atomic E-state index is 13.0. The predicted octanol–water partition coefficient (Wildman–Crippen LogP) is 20.1. The predicted molar refractivity (Wildman–Crippen MR) is 358 cm³/mol. The van der Waals surface area contributed by atoms with E-state index in [-0.39, 0.29) is 25.7 Å². The topological polar surface area (TPSA) is 237 Å². The van der Waals surface area contributed by atoms with Gasteiger partial charge in [0, 0.05) is 25.7 Å². The molecule has 89 heavy (non-hydrogen) atoms. The fourth-order valence-electron chi connectivity index (χ4n) is 10.6. The van der Waals surface area contributed by atoms with Crippen molar-refractivity contribution >= 4 is 39.5 Å². The molecular weight excluding hydrogens is 1170 g/mol. The third-order valence-corrected chi connectivity index (χ3v) is 18.2. The molecule has 0 spiro atoms. The Labute approximate surface area is 543 Å². The molecule has 0 rings (SSSR count). The summed E-state index contributed by atoms with van der Waals surface area (Å²) in [4.78, 5) is 72.3. The van der Waals surface area contributed by atoms with Crippen molar-refractivity contribution in [1.29, 1.82) is 0 Å². The third kappa shape index (κ3) is 64.6. The Kier molecular flexibility index (Phi) is 62.1. The number of aliphatic hydroxyl groups is 1. The molecular formula is C70H136O17P2. The molecule has 0 bridgehead atoms. The average molecular weight is 1310 g/mol. The third-order valence-electron chi connectivity index (χ3n) is 16.3. The minimum atomic E-state index is -4.95. The normalized spacial score (nSPS) is 14.1. The molecule has 528 valence electrons. The lowest BCUT2D eigenvalue weighted by atomic mass is 10.0. The van der Waals surface area contributed by atoms with Crippen LogP contribution >= 0.6 is 15.6 Å². The number of unbranched alkanes of at least 4 members (excludes halogenated alkanes) is 42. The summed E-state index contributed by atoms with van der Waals surface area (Å²) in [6, 6.07) is 0. The molecule has 0 saturated carbocycles. The highest BCUT2D eigenvalue weighted by Crippen LogP contribution is 2.45. The standard InChI is InChI=1S/C70H136O17P2/c1-6-9-12-15-18-20-21-22-23-24-25-26-27-28-29-30-31-32-34-41-46-51-56-70(75)87-66(60-81-68(73)54-49-44-39-36-35-38-42-47-52-63(4)5)62-85-89(78,79)83-58-64(71)57-82-88(76,77)84-61-65(59-80-67(72)53-48-43-37-17-14-11-8-3)86-69(74)55-50-45-40-33-19-16-13-10-7-2/h63-66,71H,6-62H2,1-5H3,(H,76,77)(H,78,79)/t64-,65+,66+/m0/s1. The second-order valence-corrected chi connectivity index (χ2v) is 28.7. The lowest BCUT2D eigenvalue weighted by molar-refractivity contribution is -0.161. The van der Waals surface area contributed by atoms with Crippen molar-refractivity contribution in [1.82, 2.24) is 0 Å². The Hall–Kier alpha value is -1.94. The van der Waals surface area contributed by atoms with E-state index in [1.54, 1.807) is 0 Å². The molecule has 5 atom stereocenters. The number of rotatable bonds is 70. The molecule has 17 nitrogen and oxygen atoms in total. The molecule has 0 aliphatic heterocycles. The van der Waals surface area contributed by atoms with Crippen LogP contribution in [0.15, 0.2) is 0 Å². The van der Waals surface area contributed by atoms with Gasteiger partial charge in [-0.2, -0.15) is 0 Å². The lowest BCUT2D eigenvalue weighted by Crippen LogP contribution is -2.30. The first-order chi connectivity index (χ1) is 43.0. The summed E-state index contributed by atoms with van der Waals surface area (Å²) in [5, 5.41) is 10.6. The Morgan fingerprint density at radius 2 is 0.517 bits per heavy atom. The number of ether oxygens (including phenoxy) is 4. The summed E-state index contributed by atoms with van der Waals surface area (Å²) in [7, 11) is -9.89. The zero-order valence-electron chi connectivity index (χ0n) is 57.6. The summed E-state index contributed by atoms with van der Waals surface area (Å²) < 4.78 is 68.1. The molecule has 0 aromatic carbocycles. The van der Waals surface area contributed by atoms with Gasteiger partial charge in [0.1, 0.15) is 19.3 Å². The molecule has 0 heterocycles. The molecule has 0 aliphatic carbocycles. The molecule has 0 radical (unpaired) electrons. The number of carbonyl (C=O) groups is 4. The molecule has 19 heteroatoms. The van der Waals surface area contributed by atoms with Crippen LogP contribution in [-0.2, 0) is 65.4 Å². The molecule has 3 N–H and O–H groups in total. The zero-order valence-corrected chi connectivity index (χ0v) is 59.4. The van der Waals surface area contributed by atoms with Crippen molar-refractivity contribution in [2.24, 2.45) is 5.92 Å². The van der Waals surface area contributed by atoms with Gasteiger partial charge in [-0.3, -0.25) is 37.3 Å². The Morgan fingerprint density at radius 3 is 0.764 bits per heavy atom. The number of esters is 4. The number of hydrogen-bond donors (Lipinski definition) is 3. The van der Waals surface area contributed by atoms with Crippen LogP contribution in [-0.4, -0.2) is 96.7 Å². The lowest BCUT2D eigenvalue weighted by Gasteiger charge is -2.21.